The van der Waals surface area contributed by atoms with E-state index in [1.165, 1.54) is 18.3 Å². The second kappa shape index (κ2) is 10.3. The molecule has 8 heteroatoms. The van der Waals surface area contributed by atoms with E-state index in [-0.39, 0.29) is 16.9 Å². The van der Waals surface area contributed by atoms with E-state index in [2.05, 4.69) is 33.1 Å². The molecule has 34 heavy (non-hydrogen) atoms. The summed E-state index contributed by atoms with van der Waals surface area (Å²) < 4.78 is 6.68. The number of aromatic carboxylic acids is 1. The summed E-state index contributed by atoms with van der Waals surface area (Å²) in [7, 11) is 0. The maximum Gasteiger partial charge on any atom is 0.335 e. The number of nitrogens with zero attached hydrogens (tertiary/aromatic N) is 1. The lowest BCUT2D eigenvalue weighted by Crippen LogP contribution is -2.17. The molecule has 7 nitrogen and oxygen atoms in total. The van der Waals surface area contributed by atoms with Crippen LogP contribution in [0.1, 0.15) is 31.8 Å². The molecule has 0 radical (unpaired) electrons. The molecule has 4 aromatic carbocycles. The molecule has 0 bridgehead atoms. The number of amides is 1. The topological polar surface area (TPSA) is 108 Å². The average molecular weight is 566 g/mol. The Kier molecular flexibility index (Phi) is 7.07. The molecule has 0 spiro atoms. The van der Waals surface area contributed by atoms with Crippen LogP contribution < -0.4 is 10.2 Å². The molecular formula is C26H19IN2O5. The summed E-state index contributed by atoms with van der Waals surface area (Å²) in [6.07, 6.45) is 1.51. The van der Waals surface area contributed by atoms with Crippen LogP contribution in [0, 0.1) is 3.57 Å². The zero-order chi connectivity index (χ0) is 24.1. The van der Waals surface area contributed by atoms with Crippen LogP contribution in [0.15, 0.2) is 84.0 Å². The van der Waals surface area contributed by atoms with Crippen molar-refractivity contribution in [2.75, 3.05) is 0 Å². The van der Waals surface area contributed by atoms with Crippen LogP contribution in [0.3, 0.4) is 0 Å². The number of nitrogens with one attached hydrogen (secondary N) is 1. The number of fused-ring (bicyclic) bond motifs is 1. The predicted octanol–water partition coefficient (Wildman–Crippen LogP) is 5.19. The maximum absolute atomic E-state index is 12.5. The summed E-state index contributed by atoms with van der Waals surface area (Å²) in [6, 6.07) is 22.6. The first-order chi connectivity index (χ1) is 16.4. The lowest BCUT2D eigenvalue weighted by molar-refractivity contribution is 0.0696. The fourth-order valence-corrected chi connectivity index (χ4v) is 3.95. The number of rotatable bonds is 7. The van der Waals surface area contributed by atoms with Crippen molar-refractivity contribution in [3.05, 3.63) is 105 Å². The molecule has 0 atom stereocenters. The molecular weight excluding hydrogens is 547 g/mol. The number of benzene rings is 4. The molecule has 170 valence electrons. The van der Waals surface area contributed by atoms with Crippen LogP contribution in [-0.2, 0) is 6.61 Å². The SMILES string of the molecule is O=C(O)c1ccc(COc2ccc(C=NNC(=O)c3cc4ccccc4cc3O)cc2I)cc1. The quantitative estimate of drug-likeness (QED) is 0.162. The Balaban J connectivity index is 1.37. The van der Waals surface area contributed by atoms with E-state index in [0.717, 1.165) is 25.5 Å². The summed E-state index contributed by atoms with van der Waals surface area (Å²) in [5.41, 5.74) is 4.42. The van der Waals surface area contributed by atoms with Gasteiger partial charge < -0.3 is 14.9 Å². The number of carboxylic acid groups (broad SMARTS) is 1. The fraction of sp³-hybridized carbons (Fsp3) is 0.0385. The van der Waals surface area contributed by atoms with Crippen molar-refractivity contribution in [1.82, 2.24) is 5.43 Å². The molecule has 0 fully saturated rings. The highest BCUT2D eigenvalue weighted by Gasteiger charge is 2.12. The Morgan fingerprint density at radius 3 is 2.35 bits per heavy atom. The Bertz CT molecular complexity index is 1400. The van der Waals surface area contributed by atoms with Gasteiger partial charge in [0.1, 0.15) is 18.1 Å². The highest BCUT2D eigenvalue weighted by molar-refractivity contribution is 14.1. The van der Waals surface area contributed by atoms with Gasteiger partial charge in [-0.3, -0.25) is 4.79 Å². The largest absolute Gasteiger partial charge is 0.507 e. The lowest BCUT2D eigenvalue weighted by Gasteiger charge is -2.09. The molecule has 0 heterocycles. The van der Waals surface area contributed by atoms with Crippen LogP contribution in [0.25, 0.3) is 10.8 Å². The van der Waals surface area contributed by atoms with E-state index in [1.807, 2.05) is 30.3 Å². The molecule has 0 aliphatic carbocycles. The van der Waals surface area contributed by atoms with Crippen LogP contribution in [-0.4, -0.2) is 28.3 Å². The number of carbonyl (C=O) groups excluding carboxylic acids is 1. The molecule has 0 unspecified atom stereocenters. The first kappa shape index (κ1) is 23.2. The van der Waals surface area contributed by atoms with Crippen LogP contribution in [0.2, 0.25) is 0 Å². The molecule has 0 aliphatic rings. The summed E-state index contributed by atoms with van der Waals surface area (Å²) in [6.45, 7) is 0.300. The number of halogens is 1. The van der Waals surface area contributed by atoms with E-state index in [1.54, 1.807) is 36.4 Å². The van der Waals surface area contributed by atoms with Gasteiger partial charge in [0, 0.05) is 0 Å². The van der Waals surface area contributed by atoms with Gasteiger partial charge in [0.15, 0.2) is 0 Å². The van der Waals surface area contributed by atoms with Gasteiger partial charge in [0.2, 0.25) is 0 Å². The molecule has 3 N–H and O–H groups in total. The lowest BCUT2D eigenvalue weighted by atomic mass is 10.1. The monoisotopic (exact) mass is 566 g/mol. The number of carboxylic acids is 1. The molecule has 4 aromatic rings. The van der Waals surface area contributed by atoms with Gasteiger partial charge in [0.05, 0.1) is 20.9 Å². The van der Waals surface area contributed by atoms with E-state index < -0.39 is 11.9 Å². The number of hydrazone groups is 1. The fourth-order valence-electron chi connectivity index (χ4n) is 3.25. The number of hydrogen-bond donors (Lipinski definition) is 3. The number of carbonyl (C=O) groups is 2. The first-order valence-corrected chi connectivity index (χ1v) is 11.3. The van der Waals surface area contributed by atoms with Crippen molar-refractivity contribution in [2.24, 2.45) is 5.10 Å². The number of ether oxygens (including phenoxy) is 1. The van der Waals surface area contributed by atoms with Gasteiger partial charge in [0.25, 0.3) is 5.91 Å². The molecule has 1 amide bonds. The highest BCUT2D eigenvalue weighted by atomic mass is 127. The molecule has 0 aliphatic heterocycles. The average Bonchev–Trinajstić information content (AvgIpc) is 2.83. The van der Waals surface area contributed by atoms with Crippen molar-refractivity contribution in [2.45, 2.75) is 6.61 Å². The number of hydrogen-bond acceptors (Lipinski definition) is 5. The third-order valence-electron chi connectivity index (χ3n) is 5.04. The van der Waals surface area contributed by atoms with Gasteiger partial charge >= 0.3 is 5.97 Å². The van der Waals surface area contributed by atoms with E-state index in [4.69, 9.17) is 9.84 Å². The first-order valence-electron chi connectivity index (χ1n) is 10.2. The summed E-state index contributed by atoms with van der Waals surface area (Å²) in [5, 5.41) is 24.8. The Labute approximate surface area is 208 Å². The van der Waals surface area contributed by atoms with Gasteiger partial charge in [-0.15, -0.1) is 0 Å². The van der Waals surface area contributed by atoms with E-state index in [0.29, 0.717) is 12.4 Å². The van der Waals surface area contributed by atoms with Gasteiger partial charge in [-0.25, -0.2) is 10.2 Å². The second-order valence-electron chi connectivity index (χ2n) is 7.40. The minimum Gasteiger partial charge on any atom is -0.507 e. The van der Waals surface area contributed by atoms with Gasteiger partial charge in [-0.1, -0.05) is 36.4 Å². The smallest absolute Gasteiger partial charge is 0.335 e. The Morgan fingerprint density at radius 2 is 1.68 bits per heavy atom. The summed E-state index contributed by atoms with van der Waals surface area (Å²) >= 11 is 2.14. The zero-order valence-electron chi connectivity index (χ0n) is 17.7. The van der Waals surface area contributed by atoms with Gasteiger partial charge in [-0.05, 0) is 87.0 Å². The zero-order valence-corrected chi connectivity index (χ0v) is 19.9. The highest BCUT2D eigenvalue weighted by Crippen LogP contribution is 2.25. The Hall–Kier alpha value is -3.92. The summed E-state index contributed by atoms with van der Waals surface area (Å²) in [4.78, 5) is 23.4. The van der Waals surface area contributed by atoms with Crippen LogP contribution >= 0.6 is 22.6 Å². The normalized spacial score (nSPS) is 11.0. The third kappa shape index (κ3) is 5.52. The van der Waals surface area contributed by atoms with Crippen molar-refractivity contribution >= 4 is 51.5 Å². The van der Waals surface area contributed by atoms with Crippen molar-refractivity contribution in [1.29, 1.82) is 0 Å². The molecule has 0 saturated heterocycles. The van der Waals surface area contributed by atoms with E-state index >= 15 is 0 Å². The van der Waals surface area contributed by atoms with Crippen molar-refractivity contribution in [3.8, 4) is 11.5 Å². The van der Waals surface area contributed by atoms with Gasteiger partial charge in [-0.2, -0.15) is 5.10 Å². The van der Waals surface area contributed by atoms with Crippen LogP contribution in [0.5, 0.6) is 11.5 Å². The van der Waals surface area contributed by atoms with E-state index in [9.17, 15) is 14.7 Å². The number of phenolic OH excluding ortho intramolecular Hbond substituents is 1. The Morgan fingerprint density at radius 1 is 0.971 bits per heavy atom. The number of phenols is 1. The van der Waals surface area contributed by atoms with Crippen LogP contribution in [0.4, 0.5) is 0 Å². The minimum absolute atomic E-state index is 0.111. The molecule has 4 rings (SSSR count). The predicted molar refractivity (Wildman–Crippen MR) is 138 cm³/mol. The number of aromatic hydroxyl groups is 1. The summed E-state index contributed by atoms with van der Waals surface area (Å²) in [5.74, 6) is -0.919. The van der Waals surface area contributed by atoms with Crippen molar-refractivity contribution < 1.29 is 24.5 Å². The minimum atomic E-state index is -0.968. The standard InChI is InChI=1S/C26H19IN2O5/c27-22-11-17(7-10-24(22)34-15-16-5-8-18(9-6-16)26(32)33)14-28-29-25(31)21-12-19-3-1-2-4-20(19)13-23(21)30/h1-14,30H,15H2,(H,29,31)(H,32,33). The third-order valence-corrected chi connectivity index (χ3v) is 5.88. The maximum atomic E-state index is 12.5. The molecule has 0 saturated carbocycles. The molecule has 0 aromatic heterocycles. The second-order valence-corrected chi connectivity index (χ2v) is 8.56. The van der Waals surface area contributed by atoms with Crippen molar-refractivity contribution in [3.63, 3.8) is 0 Å².